The maximum absolute atomic E-state index is 14.1. The Morgan fingerprint density at radius 2 is 1.38 bits per heavy atom. The van der Waals surface area contributed by atoms with Crippen molar-refractivity contribution < 1.29 is 18.0 Å². The molecule has 0 bridgehead atoms. The SMILES string of the molecule is C=C[C@@H](CCN1C(=O)C(c2ccc(F)cc2)(c2ccc(F)cc2)N=C1C)N1CCC(c2ccc(F)cc2)CC1. The first-order chi connectivity index (χ1) is 18.8. The van der Waals surface area contributed by atoms with Crippen LogP contribution in [0.1, 0.15) is 48.8 Å². The van der Waals surface area contributed by atoms with E-state index in [0.717, 1.165) is 25.9 Å². The Morgan fingerprint density at radius 3 is 1.87 bits per heavy atom. The summed E-state index contributed by atoms with van der Waals surface area (Å²) in [5.41, 5.74) is 0.831. The lowest BCUT2D eigenvalue weighted by molar-refractivity contribution is -0.130. The van der Waals surface area contributed by atoms with Crippen LogP contribution in [0.2, 0.25) is 0 Å². The number of benzene rings is 3. The van der Waals surface area contributed by atoms with Gasteiger partial charge in [0.2, 0.25) is 0 Å². The summed E-state index contributed by atoms with van der Waals surface area (Å²) in [5, 5.41) is 0. The number of nitrogens with zero attached hydrogens (tertiary/aromatic N) is 3. The third-order valence-corrected chi connectivity index (χ3v) is 8.06. The average Bonchev–Trinajstić information content (AvgIpc) is 3.20. The van der Waals surface area contributed by atoms with Crippen molar-refractivity contribution in [2.45, 2.75) is 43.7 Å². The fraction of sp³-hybridized carbons (Fsp3) is 0.312. The molecule has 202 valence electrons. The third kappa shape index (κ3) is 5.28. The summed E-state index contributed by atoms with van der Waals surface area (Å²) >= 11 is 0. The predicted molar refractivity (Wildman–Crippen MR) is 147 cm³/mol. The highest BCUT2D eigenvalue weighted by Gasteiger charge is 2.50. The van der Waals surface area contributed by atoms with Crippen molar-refractivity contribution in [3.63, 3.8) is 0 Å². The fourth-order valence-corrected chi connectivity index (χ4v) is 5.89. The van der Waals surface area contributed by atoms with E-state index in [1.807, 2.05) is 18.2 Å². The van der Waals surface area contributed by atoms with E-state index in [0.29, 0.717) is 35.8 Å². The lowest BCUT2D eigenvalue weighted by atomic mass is 9.82. The molecule has 0 unspecified atom stereocenters. The molecule has 0 aromatic heterocycles. The average molecular weight is 532 g/mol. The highest BCUT2D eigenvalue weighted by molar-refractivity contribution is 6.09. The molecule has 3 aromatic carbocycles. The van der Waals surface area contributed by atoms with Crippen LogP contribution in [0.4, 0.5) is 13.2 Å². The second-order valence-corrected chi connectivity index (χ2v) is 10.3. The second kappa shape index (κ2) is 11.2. The van der Waals surface area contributed by atoms with Crippen molar-refractivity contribution in [1.82, 2.24) is 9.80 Å². The third-order valence-electron chi connectivity index (χ3n) is 8.06. The Labute approximate surface area is 227 Å². The molecule has 39 heavy (non-hydrogen) atoms. The van der Waals surface area contributed by atoms with Gasteiger partial charge in [0, 0.05) is 12.6 Å². The lowest BCUT2D eigenvalue weighted by Gasteiger charge is -2.37. The van der Waals surface area contributed by atoms with E-state index in [1.54, 1.807) is 36.1 Å². The van der Waals surface area contributed by atoms with Gasteiger partial charge in [0.25, 0.3) is 5.91 Å². The number of rotatable bonds is 8. The molecule has 1 amide bonds. The Morgan fingerprint density at radius 1 is 0.897 bits per heavy atom. The van der Waals surface area contributed by atoms with Crippen molar-refractivity contribution in [3.05, 3.63) is 120 Å². The van der Waals surface area contributed by atoms with Crippen LogP contribution in [0.5, 0.6) is 0 Å². The molecule has 0 aliphatic carbocycles. The monoisotopic (exact) mass is 531 g/mol. The number of amides is 1. The summed E-state index contributed by atoms with van der Waals surface area (Å²) in [4.78, 5) is 23.0. The molecule has 1 fully saturated rings. The van der Waals surface area contributed by atoms with Crippen LogP contribution >= 0.6 is 0 Å². The minimum atomic E-state index is -1.40. The maximum Gasteiger partial charge on any atom is 0.265 e. The van der Waals surface area contributed by atoms with Crippen LogP contribution in [0.25, 0.3) is 0 Å². The molecule has 5 rings (SSSR count). The van der Waals surface area contributed by atoms with E-state index >= 15 is 0 Å². The maximum atomic E-state index is 14.1. The highest BCUT2D eigenvalue weighted by Crippen LogP contribution is 2.40. The van der Waals surface area contributed by atoms with Gasteiger partial charge in [-0.2, -0.15) is 0 Å². The zero-order valence-electron chi connectivity index (χ0n) is 22.0. The number of likely N-dealkylation sites (tertiary alicyclic amines) is 1. The van der Waals surface area contributed by atoms with E-state index in [-0.39, 0.29) is 17.8 Å². The van der Waals surface area contributed by atoms with Gasteiger partial charge in [0.1, 0.15) is 23.3 Å². The topological polar surface area (TPSA) is 35.9 Å². The van der Waals surface area contributed by atoms with E-state index in [9.17, 15) is 18.0 Å². The number of hydrogen-bond acceptors (Lipinski definition) is 3. The smallest absolute Gasteiger partial charge is 0.265 e. The first-order valence-electron chi connectivity index (χ1n) is 13.3. The zero-order chi connectivity index (χ0) is 27.6. The number of halogens is 3. The van der Waals surface area contributed by atoms with Crippen LogP contribution in [-0.4, -0.2) is 47.2 Å². The minimum Gasteiger partial charge on any atom is -0.298 e. The minimum absolute atomic E-state index is 0.0754. The molecule has 0 N–H and O–H groups in total. The first kappa shape index (κ1) is 26.9. The standard InChI is InChI=1S/C32H32F3N3O/c1-3-30(37-19-16-24(17-20-37)23-4-10-27(33)11-5-23)18-21-38-22(2)36-32(31(38)39,25-6-12-28(34)13-7-25)26-8-14-29(35)15-9-26/h3-15,24,30H,1,16-21H2,2H3/t30-/m0/s1. The molecule has 1 saturated heterocycles. The largest absolute Gasteiger partial charge is 0.298 e. The van der Waals surface area contributed by atoms with Crippen LogP contribution in [-0.2, 0) is 10.3 Å². The van der Waals surface area contributed by atoms with Gasteiger partial charge in [-0.25, -0.2) is 18.2 Å². The van der Waals surface area contributed by atoms with Gasteiger partial charge < -0.3 is 0 Å². The van der Waals surface area contributed by atoms with Crippen LogP contribution in [0.15, 0.2) is 90.4 Å². The Bertz CT molecular complexity index is 1300. The molecule has 4 nitrogen and oxygen atoms in total. The van der Waals surface area contributed by atoms with Gasteiger partial charge in [-0.1, -0.05) is 42.5 Å². The van der Waals surface area contributed by atoms with Crippen molar-refractivity contribution in [1.29, 1.82) is 0 Å². The fourth-order valence-electron chi connectivity index (χ4n) is 5.89. The number of carbonyl (C=O) groups is 1. The molecule has 0 spiro atoms. The number of hydrogen-bond donors (Lipinski definition) is 0. The second-order valence-electron chi connectivity index (χ2n) is 10.3. The molecular weight excluding hydrogens is 499 g/mol. The van der Waals surface area contributed by atoms with Gasteiger partial charge in [0.05, 0.1) is 0 Å². The Balaban J connectivity index is 1.31. The molecule has 2 aliphatic heterocycles. The van der Waals surface area contributed by atoms with Gasteiger partial charge >= 0.3 is 0 Å². The van der Waals surface area contributed by atoms with E-state index in [2.05, 4.69) is 11.5 Å². The molecule has 1 atom stereocenters. The van der Waals surface area contributed by atoms with Gasteiger partial charge in [-0.15, -0.1) is 6.58 Å². The lowest BCUT2D eigenvalue weighted by Crippen LogP contribution is -2.45. The van der Waals surface area contributed by atoms with Crippen molar-refractivity contribution >= 4 is 11.7 Å². The van der Waals surface area contributed by atoms with E-state index < -0.39 is 17.2 Å². The molecule has 7 heteroatoms. The molecule has 2 heterocycles. The predicted octanol–water partition coefficient (Wildman–Crippen LogP) is 6.43. The summed E-state index contributed by atoms with van der Waals surface area (Å²) in [6, 6.07) is 18.3. The van der Waals surface area contributed by atoms with Crippen molar-refractivity contribution in [3.8, 4) is 0 Å². The molecule has 0 saturated carbocycles. The molecule has 2 aliphatic rings. The summed E-state index contributed by atoms with van der Waals surface area (Å²) in [6.45, 7) is 8.06. The first-order valence-corrected chi connectivity index (χ1v) is 13.3. The zero-order valence-corrected chi connectivity index (χ0v) is 22.0. The summed E-state index contributed by atoms with van der Waals surface area (Å²) in [7, 11) is 0. The Hall–Kier alpha value is -3.71. The van der Waals surface area contributed by atoms with Crippen molar-refractivity contribution in [2.75, 3.05) is 19.6 Å². The van der Waals surface area contributed by atoms with E-state index in [1.165, 1.54) is 42.0 Å². The molecule has 3 aromatic rings. The number of aliphatic imine (C=N–C) groups is 1. The van der Waals surface area contributed by atoms with Gasteiger partial charge in [-0.3, -0.25) is 14.6 Å². The molecular formula is C32H32F3N3O. The van der Waals surface area contributed by atoms with Crippen LogP contribution in [0, 0.1) is 17.5 Å². The normalized spacial score (nSPS) is 18.7. The van der Waals surface area contributed by atoms with Gasteiger partial charge in [-0.05, 0) is 98.3 Å². The summed E-state index contributed by atoms with van der Waals surface area (Å²) in [5.74, 6) is -0.321. The molecule has 0 radical (unpaired) electrons. The highest BCUT2D eigenvalue weighted by atomic mass is 19.1. The number of piperidine rings is 1. The summed E-state index contributed by atoms with van der Waals surface area (Å²) in [6.07, 6.45) is 4.54. The Kier molecular flexibility index (Phi) is 7.71. The quantitative estimate of drug-likeness (QED) is 0.314. The van der Waals surface area contributed by atoms with Crippen molar-refractivity contribution in [2.24, 2.45) is 4.99 Å². The van der Waals surface area contributed by atoms with Crippen LogP contribution in [0.3, 0.4) is 0 Å². The van der Waals surface area contributed by atoms with Crippen LogP contribution < -0.4 is 0 Å². The van der Waals surface area contributed by atoms with Gasteiger partial charge in [0.15, 0.2) is 5.54 Å². The number of amidine groups is 1. The van der Waals surface area contributed by atoms with E-state index in [4.69, 9.17) is 4.99 Å². The number of carbonyl (C=O) groups excluding carboxylic acids is 1. The summed E-state index contributed by atoms with van der Waals surface area (Å²) < 4.78 is 40.8.